The molecule has 4 rings (SSSR count). The first-order valence-electron chi connectivity index (χ1n) is 6.53. The molecule has 0 radical (unpaired) electrons. The van der Waals surface area contributed by atoms with Crippen LogP contribution in [0.2, 0.25) is 0 Å². The van der Waals surface area contributed by atoms with Crippen molar-refractivity contribution in [3.8, 4) is 11.3 Å². The second-order valence-electron chi connectivity index (χ2n) is 4.81. The van der Waals surface area contributed by atoms with Crippen molar-refractivity contribution in [2.45, 2.75) is 6.92 Å². The van der Waals surface area contributed by atoms with Gasteiger partial charge in [-0.05, 0) is 36.8 Å². The summed E-state index contributed by atoms with van der Waals surface area (Å²) in [4.78, 5) is 8.98. The van der Waals surface area contributed by atoms with E-state index in [-0.39, 0.29) is 0 Å². The van der Waals surface area contributed by atoms with E-state index in [0.717, 1.165) is 38.9 Å². The van der Waals surface area contributed by atoms with Gasteiger partial charge in [-0.3, -0.25) is 9.97 Å². The number of para-hydroxylation sites is 1. The van der Waals surface area contributed by atoms with Crippen LogP contribution in [0.25, 0.3) is 33.3 Å². The van der Waals surface area contributed by atoms with Crippen LogP contribution in [0.1, 0.15) is 5.56 Å². The second kappa shape index (κ2) is 4.17. The van der Waals surface area contributed by atoms with Crippen LogP contribution in [0.5, 0.6) is 0 Å². The summed E-state index contributed by atoms with van der Waals surface area (Å²) in [5.41, 5.74) is 5.56. The number of furan rings is 1. The van der Waals surface area contributed by atoms with E-state index in [9.17, 15) is 0 Å². The molecule has 1 aromatic carbocycles. The smallest absolute Gasteiger partial charge is 0.163 e. The number of pyridine rings is 2. The minimum Gasteiger partial charge on any atom is -0.454 e. The van der Waals surface area contributed by atoms with Crippen molar-refractivity contribution in [2.24, 2.45) is 0 Å². The lowest BCUT2D eigenvalue weighted by molar-refractivity contribution is 0.668. The molecule has 3 nitrogen and oxygen atoms in total. The summed E-state index contributed by atoms with van der Waals surface area (Å²) >= 11 is 0. The van der Waals surface area contributed by atoms with Crippen molar-refractivity contribution in [1.82, 2.24) is 9.97 Å². The van der Waals surface area contributed by atoms with Gasteiger partial charge in [-0.2, -0.15) is 0 Å². The van der Waals surface area contributed by atoms with E-state index < -0.39 is 0 Å². The first kappa shape index (κ1) is 11.2. The molecule has 0 saturated heterocycles. The van der Waals surface area contributed by atoms with Crippen LogP contribution in [0, 0.1) is 6.92 Å². The molecule has 0 N–H and O–H groups in total. The Morgan fingerprint density at radius 1 is 0.950 bits per heavy atom. The third-order valence-corrected chi connectivity index (χ3v) is 3.50. The predicted molar refractivity (Wildman–Crippen MR) is 79.5 cm³/mol. The molecule has 0 amide bonds. The van der Waals surface area contributed by atoms with Crippen molar-refractivity contribution >= 4 is 22.1 Å². The Kier molecular flexibility index (Phi) is 2.33. The topological polar surface area (TPSA) is 38.9 Å². The Morgan fingerprint density at radius 2 is 1.80 bits per heavy atom. The Labute approximate surface area is 115 Å². The predicted octanol–water partition coefficient (Wildman–Crippen LogP) is 4.35. The van der Waals surface area contributed by atoms with Crippen LogP contribution in [0.3, 0.4) is 0 Å². The van der Waals surface area contributed by atoms with Gasteiger partial charge in [0.2, 0.25) is 0 Å². The molecule has 0 fully saturated rings. The summed E-state index contributed by atoms with van der Waals surface area (Å²) in [6, 6.07) is 13.9. The quantitative estimate of drug-likeness (QED) is 0.510. The number of aryl methyl sites for hydroxylation is 1. The van der Waals surface area contributed by atoms with E-state index in [1.807, 2.05) is 55.6 Å². The number of hydrogen-bond donors (Lipinski definition) is 0. The number of nitrogens with zero attached hydrogens (tertiary/aromatic N) is 2. The number of aromatic nitrogens is 2. The number of rotatable bonds is 1. The molecule has 3 aromatic heterocycles. The van der Waals surface area contributed by atoms with E-state index in [1.54, 1.807) is 6.20 Å². The Bertz CT molecular complexity index is 910. The molecule has 3 heteroatoms. The summed E-state index contributed by atoms with van der Waals surface area (Å²) in [6.07, 6.45) is 3.68. The SMILES string of the molecule is Cc1cnc2c(oc3ccccc32)c1-c1ccccn1. The van der Waals surface area contributed by atoms with Crippen molar-refractivity contribution in [2.75, 3.05) is 0 Å². The van der Waals surface area contributed by atoms with Crippen molar-refractivity contribution in [3.05, 3.63) is 60.4 Å². The van der Waals surface area contributed by atoms with Gasteiger partial charge in [-0.15, -0.1) is 0 Å². The van der Waals surface area contributed by atoms with E-state index in [0.29, 0.717) is 0 Å². The number of hydrogen-bond acceptors (Lipinski definition) is 3. The van der Waals surface area contributed by atoms with Gasteiger partial charge in [0.15, 0.2) is 5.58 Å². The molecular formula is C17H12N2O. The summed E-state index contributed by atoms with van der Waals surface area (Å²) in [7, 11) is 0. The zero-order valence-electron chi connectivity index (χ0n) is 11.0. The lowest BCUT2D eigenvalue weighted by atomic mass is 10.1. The molecule has 20 heavy (non-hydrogen) atoms. The Hall–Kier alpha value is -2.68. The maximum Gasteiger partial charge on any atom is 0.163 e. The fraction of sp³-hybridized carbons (Fsp3) is 0.0588. The molecule has 0 aliphatic rings. The van der Waals surface area contributed by atoms with Gasteiger partial charge in [0.25, 0.3) is 0 Å². The maximum absolute atomic E-state index is 6.02. The minimum atomic E-state index is 0.810. The summed E-state index contributed by atoms with van der Waals surface area (Å²) in [5, 5.41) is 1.04. The van der Waals surface area contributed by atoms with Crippen LogP contribution in [0.15, 0.2) is 59.3 Å². The van der Waals surface area contributed by atoms with Crippen LogP contribution >= 0.6 is 0 Å². The van der Waals surface area contributed by atoms with E-state index >= 15 is 0 Å². The average molecular weight is 260 g/mol. The average Bonchev–Trinajstić information content (AvgIpc) is 2.86. The van der Waals surface area contributed by atoms with Gasteiger partial charge in [-0.25, -0.2) is 0 Å². The van der Waals surface area contributed by atoms with Crippen LogP contribution < -0.4 is 0 Å². The molecule has 0 spiro atoms. The summed E-state index contributed by atoms with van der Waals surface area (Å²) in [5.74, 6) is 0. The van der Waals surface area contributed by atoms with Crippen molar-refractivity contribution < 1.29 is 4.42 Å². The number of fused-ring (bicyclic) bond motifs is 3. The highest BCUT2D eigenvalue weighted by Crippen LogP contribution is 2.35. The first-order chi connectivity index (χ1) is 9.84. The minimum absolute atomic E-state index is 0.810. The fourth-order valence-electron chi connectivity index (χ4n) is 2.56. The standard InChI is InChI=1S/C17H12N2O/c1-11-10-19-16-12-6-2-3-8-14(12)20-17(16)15(11)13-7-4-5-9-18-13/h2-10H,1H3. The molecule has 0 aliphatic heterocycles. The third-order valence-electron chi connectivity index (χ3n) is 3.50. The van der Waals surface area contributed by atoms with Crippen LogP contribution in [-0.4, -0.2) is 9.97 Å². The molecule has 0 unspecified atom stereocenters. The highest BCUT2D eigenvalue weighted by atomic mass is 16.3. The van der Waals surface area contributed by atoms with Gasteiger partial charge < -0.3 is 4.42 Å². The normalized spacial score (nSPS) is 11.2. The van der Waals surface area contributed by atoms with Crippen LogP contribution in [-0.2, 0) is 0 Å². The van der Waals surface area contributed by atoms with E-state index in [4.69, 9.17) is 4.42 Å². The Morgan fingerprint density at radius 3 is 2.65 bits per heavy atom. The fourth-order valence-corrected chi connectivity index (χ4v) is 2.56. The van der Waals surface area contributed by atoms with Gasteiger partial charge in [0.1, 0.15) is 11.1 Å². The van der Waals surface area contributed by atoms with E-state index in [2.05, 4.69) is 9.97 Å². The molecule has 0 saturated carbocycles. The lowest BCUT2D eigenvalue weighted by Crippen LogP contribution is -1.89. The molecular weight excluding hydrogens is 248 g/mol. The largest absolute Gasteiger partial charge is 0.454 e. The van der Waals surface area contributed by atoms with Gasteiger partial charge >= 0.3 is 0 Å². The molecule has 4 aromatic rings. The zero-order chi connectivity index (χ0) is 13.5. The second-order valence-corrected chi connectivity index (χ2v) is 4.81. The van der Waals surface area contributed by atoms with Gasteiger partial charge in [0.05, 0.1) is 5.69 Å². The third kappa shape index (κ3) is 1.53. The Balaban J connectivity index is 2.17. The molecule has 96 valence electrons. The molecule has 0 atom stereocenters. The van der Waals surface area contributed by atoms with Crippen LogP contribution in [0.4, 0.5) is 0 Å². The zero-order valence-corrected chi connectivity index (χ0v) is 11.0. The molecule has 0 aliphatic carbocycles. The highest BCUT2D eigenvalue weighted by Gasteiger charge is 2.15. The first-order valence-corrected chi connectivity index (χ1v) is 6.53. The molecule has 0 bridgehead atoms. The molecule has 3 heterocycles. The van der Waals surface area contributed by atoms with Gasteiger partial charge in [-0.1, -0.05) is 18.2 Å². The lowest BCUT2D eigenvalue weighted by Gasteiger charge is -2.04. The van der Waals surface area contributed by atoms with Crippen molar-refractivity contribution in [1.29, 1.82) is 0 Å². The number of benzene rings is 1. The monoisotopic (exact) mass is 260 g/mol. The van der Waals surface area contributed by atoms with Gasteiger partial charge in [0, 0.05) is 23.3 Å². The summed E-state index contributed by atoms with van der Waals surface area (Å²) in [6.45, 7) is 2.03. The van der Waals surface area contributed by atoms with E-state index in [1.165, 1.54) is 0 Å². The maximum atomic E-state index is 6.02. The van der Waals surface area contributed by atoms with Crippen molar-refractivity contribution in [3.63, 3.8) is 0 Å². The summed E-state index contributed by atoms with van der Waals surface area (Å²) < 4.78 is 6.02. The highest BCUT2D eigenvalue weighted by molar-refractivity contribution is 6.07.